The number of benzene rings is 2. The van der Waals surface area contributed by atoms with Crippen molar-refractivity contribution in [1.82, 2.24) is 4.57 Å². The highest BCUT2D eigenvalue weighted by Gasteiger charge is 2.19. The standard InChI is InChI=1S/C25H28FN3O3/c1-5-28(6-2)21-13-9-20(10-14-21)27-24(30)16-32-25(31)23-15-17(3)29(18(23)4)22-11-7-19(26)8-12-22/h7-15H,5-6,16H2,1-4H3,(H,27,30). The van der Waals surface area contributed by atoms with E-state index in [9.17, 15) is 14.0 Å². The van der Waals surface area contributed by atoms with Crippen molar-refractivity contribution in [3.05, 3.63) is 77.4 Å². The SMILES string of the molecule is CCN(CC)c1ccc(NC(=O)COC(=O)c2cc(C)n(-c3ccc(F)cc3)c2C)cc1. The van der Waals surface area contributed by atoms with Gasteiger partial charge in [-0.25, -0.2) is 9.18 Å². The Hall–Kier alpha value is -3.61. The molecule has 6 nitrogen and oxygen atoms in total. The van der Waals surface area contributed by atoms with E-state index in [0.29, 0.717) is 16.9 Å². The van der Waals surface area contributed by atoms with Crippen LogP contribution in [-0.2, 0) is 9.53 Å². The van der Waals surface area contributed by atoms with Crippen LogP contribution in [0.2, 0.25) is 0 Å². The highest BCUT2D eigenvalue weighted by atomic mass is 19.1. The molecular formula is C25H28FN3O3. The highest BCUT2D eigenvalue weighted by Crippen LogP contribution is 2.22. The molecule has 7 heteroatoms. The fourth-order valence-corrected chi connectivity index (χ4v) is 3.71. The van der Waals surface area contributed by atoms with Gasteiger partial charge in [-0.1, -0.05) is 0 Å². The van der Waals surface area contributed by atoms with Crippen molar-refractivity contribution < 1.29 is 18.7 Å². The van der Waals surface area contributed by atoms with E-state index in [1.807, 2.05) is 35.8 Å². The van der Waals surface area contributed by atoms with Gasteiger partial charge in [-0.2, -0.15) is 0 Å². The number of esters is 1. The lowest BCUT2D eigenvalue weighted by Gasteiger charge is -2.21. The second-order valence-corrected chi connectivity index (χ2v) is 7.44. The number of aromatic nitrogens is 1. The molecular weight excluding hydrogens is 409 g/mol. The van der Waals surface area contributed by atoms with Crippen LogP contribution in [0, 0.1) is 19.7 Å². The zero-order chi connectivity index (χ0) is 23.3. The molecule has 3 aromatic rings. The van der Waals surface area contributed by atoms with Crippen molar-refractivity contribution in [1.29, 1.82) is 0 Å². The summed E-state index contributed by atoms with van der Waals surface area (Å²) in [5.41, 5.74) is 4.28. The summed E-state index contributed by atoms with van der Waals surface area (Å²) in [6.45, 7) is 9.22. The lowest BCUT2D eigenvalue weighted by molar-refractivity contribution is -0.119. The number of nitrogens with zero attached hydrogens (tertiary/aromatic N) is 2. The van der Waals surface area contributed by atoms with Crippen molar-refractivity contribution in [2.24, 2.45) is 0 Å². The van der Waals surface area contributed by atoms with Crippen molar-refractivity contribution in [2.45, 2.75) is 27.7 Å². The molecule has 0 atom stereocenters. The van der Waals surface area contributed by atoms with Gasteiger partial charge in [0.1, 0.15) is 5.82 Å². The third-order valence-electron chi connectivity index (χ3n) is 5.35. The Balaban J connectivity index is 1.61. The summed E-state index contributed by atoms with van der Waals surface area (Å²) in [6.07, 6.45) is 0. The van der Waals surface area contributed by atoms with Crippen LogP contribution in [0.5, 0.6) is 0 Å². The molecule has 0 spiro atoms. The largest absolute Gasteiger partial charge is 0.452 e. The number of hydrogen-bond donors (Lipinski definition) is 1. The fourth-order valence-electron chi connectivity index (χ4n) is 3.71. The van der Waals surface area contributed by atoms with Crippen LogP contribution in [0.1, 0.15) is 35.6 Å². The monoisotopic (exact) mass is 437 g/mol. The summed E-state index contributed by atoms with van der Waals surface area (Å²) in [5, 5.41) is 2.74. The topological polar surface area (TPSA) is 63.6 Å². The molecule has 3 rings (SSSR count). The molecule has 0 radical (unpaired) electrons. The molecule has 2 aromatic carbocycles. The summed E-state index contributed by atoms with van der Waals surface area (Å²) in [4.78, 5) is 27.0. The third-order valence-corrected chi connectivity index (χ3v) is 5.35. The number of rotatable bonds is 8. The van der Waals surface area contributed by atoms with Crippen LogP contribution < -0.4 is 10.2 Å². The van der Waals surface area contributed by atoms with E-state index in [-0.39, 0.29) is 5.82 Å². The maximum absolute atomic E-state index is 13.2. The first-order chi connectivity index (χ1) is 15.3. The van der Waals surface area contributed by atoms with Crippen molar-refractivity contribution in [3.8, 4) is 5.69 Å². The van der Waals surface area contributed by atoms with Gasteiger partial charge in [-0.3, -0.25) is 4.79 Å². The smallest absolute Gasteiger partial charge is 0.340 e. The van der Waals surface area contributed by atoms with E-state index in [4.69, 9.17) is 4.74 Å². The minimum absolute atomic E-state index is 0.329. The molecule has 1 amide bonds. The first-order valence-corrected chi connectivity index (χ1v) is 10.6. The number of ether oxygens (including phenoxy) is 1. The molecule has 1 N–H and O–H groups in total. The number of halogens is 1. The summed E-state index contributed by atoms with van der Waals surface area (Å²) >= 11 is 0. The molecule has 0 fully saturated rings. The number of hydrogen-bond acceptors (Lipinski definition) is 4. The van der Waals surface area contributed by atoms with Crippen molar-refractivity contribution in [2.75, 3.05) is 29.9 Å². The first kappa shape index (κ1) is 23.1. The zero-order valence-electron chi connectivity index (χ0n) is 18.8. The van der Waals surface area contributed by atoms with E-state index < -0.39 is 18.5 Å². The van der Waals surface area contributed by atoms with Gasteiger partial charge >= 0.3 is 5.97 Å². The lowest BCUT2D eigenvalue weighted by atomic mass is 10.2. The fraction of sp³-hybridized carbons (Fsp3) is 0.280. The van der Waals surface area contributed by atoms with E-state index in [2.05, 4.69) is 24.1 Å². The zero-order valence-corrected chi connectivity index (χ0v) is 18.8. The highest BCUT2D eigenvalue weighted by molar-refractivity contribution is 5.96. The minimum atomic E-state index is -0.585. The minimum Gasteiger partial charge on any atom is -0.452 e. The predicted molar refractivity (Wildman–Crippen MR) is 124 cm³/mol. The lowest BCUT2D eigenvalue weighted by Crippen LogP contribution is -2.22. The molecule has 0 bridgehead atoms. The first-order valence-electron chi connectivity index (χ1n) is 10.6. The van der Waals surface area contributed by atoms with Gasteiger partial charge < -0.3 is 19.5 Å². The summed E-state index contributed by atoms with van der Waals surface area (Å²) in [7, 11) is 0. The van der Waals surface area contributed by atoms with Crippen LogP contribution in [0.3, 0.4) is 0 Å². The average molecular weight is 438 g/mol. The van der Waals surface area contributed by atoms with Crippen molar-refractivity contribution in [3.63, 3.8) is 0 Å². The predicted octanol–water partition coefficient (Wildman–Crippen LogP) is 4.87. The number of carbonyl (C=O) groups is 2. The van der Waals surface area contributed by atoms with Gasteiger partial charge in [0.25, 0.3) is 5.91 Å². The van der Waals surface area contributed by atoms with Crippen LogP contribution in [-0.4, -0.2) is 36.1 Å². The maximum Gasteiger partial charge on any atom is 0.340 e. The Morgan fingerprint density at radius 1 is 1.00 bits per heavy atom. The molecule has 168 valence electrons. The van der Waals surface area contributed by atoms with Crippen LogP contribution in [0.25, 0.3) is 5.69 Å². The third kappa shape index (κ3) is 5.17. The van der Waals surface area contributed by atoms with E-state index in [1.165, 1.54) is 12.1 Å². The van der Waals surface area contributed by atoms with Crippen molar-refractivity contribution >= 4 is 23.3 Å². The normalized spacial score (nSPS) is 10.7. The molecule has 0 aliphatic rings. The molecule has 0 saturated carbocycles. The second-order valence-electron chi connectivity index (χ2n) is 7.44. The molecule has 1 heterocycles. The van der Waals surface area contributed by atoms with E-state index >= 15 is 0 Å². The Morgan fingerprint density at radius 3 is 2.22 bits per heavy atom. The number of anilines is 2. The van der Waals surface area contributed by atoms with Crippen LogP contribution >= 0.6 is 0 Å². The number of amides is 1. The molecule has 0 aliphatic heterocycles. The van der Waals surface area contributed by atoms with Gasteiger partial charge in [0.05, 0.1) is 5.56 Å². The Morgan fingerprint density at radius 2 is 1.62 bits per heavy atom. The molecule has 0 saturated heterocycles. The Kier molecular flexibility index (Phi) is 7.30. The van der Waals surface area contributed by atoms with E-state index in [1.54, 1.807) is 25.1 Å². The van der Waals surface area contributed by atoms with Gasteiger partial charge in [0.15, 0.2) is 6.61 Å². The number of nitrogens with one attached hydrogen (secondary N) is 1. The summed E-state index contributed by atoms with van der Waals surface area (Å²) < 4.78 is 20.3. The molecule has 0 unspecified atom stereocenters. The van der Waals surface area contributed by atoms with Gasteiger partial charge in [-0.05, 0) is 82.3 Å². The molecule has 1 aromatic heterocycles. The maximum atomic E-state index is 13.2. The average Bonchev–Trinajstić information content (AvgIpc) is 3.09. The second kappa shape index (κ2) is 10.1. The van der Waals surface area contributed by atoms with Gasteiger partial charge in [0.2, 0.25) is 0 Å². The number of aryl methyl sites for hydroxylation is 1. The summed E-state index contributed by atoms with van der Waals surface area (Å²) in [5.74, 6) is -1.33. The Bertz CT molecular complexity index is 1080. The van der Waals surface area contributed by atoms with Gasteiger partial charge in [0, 0.05) is 41.5 Å². The van der Waals surface area contributed by atoms with Gasteiger partial charge in [-0.15, -0.1) is 0 Å². The number of carbonyl (C=O) groups excluding carboxylic acids is 2. The van der Waals surface area contributed by atoms with E-state index in [0.717, 1.165) is 30.2 Å². The Labute approximate surface area is 187 Å². The molecule has 32 heavy (non-hydrogen) atoms. The summed E-state index contributed by atoms with van der Waals surface area (Å²) in [6, 6.07) is 15.2. The van der Waals surface area contributed by atoms with Crippen LogP contribution in [0.15, 0.2) is 54.6 Å². The van der Waals surface area contributed by atoms with Crippen LogP contribution in [0.4, 0.5) is 15.8 Å². The quantitative estimate of drug-likeness (QED) is 0.511. The molecule has 0 aliphatic carbocycles.